The molecule has 0 radical (unpaired) electrons. The van der Waals surface area contributed by atoms with Gasteiger partial charge in [-0.15, -0.1) is 0 Å². The van der Waals surface area contributed by atoms with E-state index in [0.717, 1.165) is 38.9 Å². The fourth-order valence-electron chi connectivity index (χ4n) is 5.74. The van der Waals surface area contributed by atoms with Crippen molar-refractivity contribution < 1.29 is 24.0 Å². The van der Waals surface area contributed by atoms with Crippen LogP contribution in [0.4, 0.5) is 0 Å². The summed E-state index contributed by atoms with van der Waals surface area (Å²) in [5.41, 5.74) is -0.503. The summed E-state index contributed by atoms with van der Waals surface area (Å²) in [5, 5.41) is 3.42. The van der Waals surface area contributed by atoms with Crippen molar-refractivity contribution in [3.8, 4) is 0 Å². The lowest BCUT2D eigenvalue weighted by Gasteiger charge is -2.60. The molecule has 162 valence electrons. The van der Waals surface area contributed by atoms with E-state index in [1.807, 2.05) is 6.92 Å². The van der Waals surface area contributed by atoms with Crippen LogP contribution in [-0.2, 0) is 24.0 Å². The third-order valence-electron chi connectivity index (χ3n) is 7.39. The predicted octanol–water partition coefficient (Wildman–Crippen LogP) is 2.36. The van der Waals surface area contributed by atoms with Crippen molar-refractivity contribution in [2.75, 3.05) is 40.3 Å². The van der Waals surface area contributed by atoms with Crippen LogP contribution < -0.4 is 5.32 Å². The number of nitrogens with one attached hydrogen (secondary N) is 1. The summed E-state index contributed by atoms with van der Waals surface area (Å²) in [5.74, 6) is 0.817. The number of likely N-dealkylation sites (N-methyl/N-ethyl adjacent to an activating group) is 1. The van der Waals surface area contributed by atoms with Crippen LogP contribution in [0.25, 0.3) is 0 Å². The maximum Gasteiger partial charge on any atom is 0.201 e. The smallest absolute Gasteiger partial charge is 0.201 e. The zero-order valence-electron chi connectivity index (χ0n) is 18.1. The quantitative estimate of drug-likeness (QED) is 0.522. The Balaban J connectivity index is 1.43. The van der Waals surface area contributed by atoms with Crippen LogP contribution in [0.2, 0.25) is 0 Å². The van der Waals surface area contributed by atoms with Gasteiger partial charge in [-0.05, 0) is 52.1 Å². The molecule has 0 amide bonds. The van der Waals surface area contributed by atoms with Crippen molar-refractivity contribution in [3.63, 3.8) is 0 Å². The number of ether oxygens (including phenoxy) is 3. The molecular weight excluding hydrogens is 360 g/mol. The van der Waals surface area contributed by atoms with Crippen LogP contribution in [0.3, 0.4) is 0 Å². The molecule has 4 saturated heterocycles. The summed E-state index contributed by atoms with van der Waals surface area (Å²) < 4.78 is 18.9. The second-order valence-corrected chi connectivity index (χ2v) is 9.70. The third kappa shape index (κ3) is 3.64. The first-order chi connectivity index (χ1) is 13.4. The number of nitrogens with zero attached hydrogens (tertiary/aromatic N) is 1. The topological polar surface area (TPSA) is 61.4 Å². The maximum atomic E-state index is 6.42. The molecule has 7 nitrogen and oxygen atoms in total. The first-order valence-electron chi connectivity index (χ1n) is 11.0. The van der Waals surface area contributed by atoms with Gasteiger partial charge in [0, 0.05) is 37.9 Å². The largest absolute Gasteiger partial charge is 0.351 e. The first-order valence-corrected chi connectivity index (χ1v) is 11.0. The average Bonchev–Trinajstić information content (AvgIpc) is 2.88. The SMILES string of the molecule is C[C@@H]1CCC2[C@@H](C)[C@@H](OCCNCCN(C)C)O[C@@H]3O[C@@]4(C)CCC1[C@@]23OO4. The lowest BCUT2D eigenvalue weighted by Crippen LogP contribution is -2.70. The van der Waals surface area contributed by atoms with Gasteiger partial charge < -0.3 is 24.4 Å². The Morgan fingerprint density at radius 1 is 1.07 bits per heavy atom. The molecule has 1 aliphatic carbocycles. The van der Waals surface area contributed by atoms with E-state index in [-0.39, 0.29) is 12.2 Å². The van der Waals surface area contributed by atoms with Crippen molar-refractivity contribution in [2.45, 2.75) is 70.4 Å². The minimum Gasteiger partial charge on any atom is -0.351 e. The van der Waals surface area contributed by atoms with Crippen molar-refractivity contribution in [1.29, 1.82) is 0 Å². The van der Waals surface area contributed by atoms with Gasteiger partial charge in [-0.25, -0.2) is 9.78 Å². The highest BCUT2D eigenvalue weighted by Gasteiger charge is 2.69. The number of hydrogen-bond donors (Lipinski definition) is 1. The Kier molecular flexibility index (Phi) is 6.07. The summed E-state index contributed by atoms with van der Waals surface area (Å²) in [4.78, 5) is 14.2. The molecule has 4 aliphatic heterocycles. The van der Waals surface area contributed by atoms with E-state index in [9.17, 15) is 0 Å². The Hall–Kier alpha value is -0.280. The molecule has 0 aromatic rings. The maximum absolute atomic E-state index is 6.42. The summed E-state index contributed by atoms with van der Waals surface area (Å²) in [6, 6.07) is 0. The molecule has 0 aromatic heterocycles. The number of hydrogen-bond acceptors (Lipinski definition) is 7. The van der Waals surface area contributed by atoms with Crippen molar-refractivity contribution in [3.05, 3.63) is 0 Å². The fraction of sp³-hybridized carbons (Fsp3) is 1.00. The molecule has 1 N–H and O–H groups in total. The lowest BCUT2D eigenvalue weighted by atomic mass is 9.58. The zero-order valence-corrected chi connectivity index (χ0v) is 18.1. The molecule has 2 bridgehead atoms. The van der Waals surface area contributed by atoms with E-state index in [1.165, 1.54) is 6.42 Å². The first kappa shape index (κ1) is 21.0. The molecular formula is C21H38N2O5. The Morgan fingerprint density at radius 2 is 1.89 bits per heavy atom. The van der Waals surface area contributed by atoms with Crippen LogP contribution in [0.1, 0.15) is 46.5 Å². The molecule has 5 fully saturated rings. The molecule has 7 heteroatoms. The van der Waals surface area contributed by atoms with E-state index < -0.39 is 17.7 Å². The van der Waals surface area contributed by atoms with Gasteiger partial charge in [0.25, 0.3) is 0 Å². The predicted molar refractivity (Wildman–Crippen MR) is 104 cm³/mol. The van der Waals surface area contributed by atoms with Crippen LogP contribution in [0.5, 0.6) is 0 Å². The van der Waals surface area contributed by atoms with Gasteiger partial charge >= 0.3 is 0 Å². The van der Waals surface area contributed by atoms with E-state index in [2.05, 4.69) is 38.2 Å². The molecule has 5 aliphatic rings. The Morgan fingerprint density at radius 3 is 2.68 bits per heavy atom. The Labute approximate surface area is 169 Å². The minimum absolute atomic E-state index is 0.239. The second kappa shape index (κ2) is 8.10. The van der Waals surface area contributed by atoms with Crippen LogP contribution in [0.15, 0.2) is 0 Å². The van der Waals surface area contributed by atoms with Crippen molar-refractivity contribution in [2.24, 2.45) is 23.7 Å². The van der Waals surface area contributed by atoms with Gasteiger partial charge in [-0.3, -0.25) is 0 Å². The normalized spacial score (nSPS) is 47.8. The van der Waals surface area contributed by atoms with Crippen molar-refractivity contribution in [1.82, 2.24) is 10.2 Å². The summed E-state index contributed by atoms with van der Waals surface area (Å²) in [7, 11) is 4.16. The average molecular weight is 399 g/mol. The van der Waals surface area contributed by atoms with Crippen molar-refractivity contribution >= 4 is 0 Å². The Bertz CT molecular complexity index is 549. The van der Waals surface area contributed by atoms with Gasteiger partial charge in [-0.1, -0.05) is 13.8 Å². The highest BCUT2D eigenvalue weighted by atomic mass is 17.3. The summed E-state index contributed by atoms with van der Waals surface area (Å²) in [6.45, 7) is 9.95. The van der Waals surface area contributed by atoms with Crippen LogP contribution in [-0.4, -0.2) is 69.2 Å². The third-order valence-corrected chi connectivity index (χ3v) is 7.39. The standard InChI is InChI=1S/C21H38N2O5/c1-14-6-7-17-15(2)18(24-13-11-22-10-12-23(4)5)25-19-21(17)16(14)8-9-20(3,26-19)27-28-21/h14-19,22H,6-13H2,1-5H3/t14-,15-,16?,17?,18+,19-,20-,21-/m1/s1. The molecule has 5 rings (SSSR count). The lowest BCUT2D eigenvalue weighted by molar-refractivity contribution is -0.577. The zero-order chi connectivity index (χ0) is 19.9. The highest BCUT2D eigenvalue weighted by molar-refractivity contribution is 5.09. The monoisotopic (exact) mass is 398 g/mol. The molecule has 8 atom stereocenters. The highest BCUT2D eigenvalue weighted by Crippen LogP contribution is 2.60. The second-order valence-electron chi connectivity index (χ2n) is 9.70. The van der Waals surface area contributed by atoms with Gasteiger partial charge in [0.05, 0.1) is 6.61 Å². The molecule has 2 unspecified atom stereocenters. The minimum atomic E-state index is -0.726. The summed E-state index contributed by atoms with van der Waals surface area (Å²) >= 11 is 0. The molecule has 1 spiro atoms. The van der Waals surface area contributed by atoms with E-state index in [1.54, 1.807) is 0 Å². The number of fused-ring (bicyclic) bond motifs is 2. The number of rotatable bonds is 7. The molecule has 28 heavy (non-hydrogen) atoms. The van der Waals surface area contributed by atoms with Gasteiger partial charge in [0.1, 0.15) is 0 Å². The van der Waals surface area contributed by atoms with Gasteiger partial charge in [0.2, 0.25) is 5.79 Å². The van der Waals surface area contributed by atoms with Gasteiger partial charge in [-0.2, -0.15) is 0 Å². The van der Waals surface area contributed by atoms with E-state index in [4.69, 9.17) is 24.0 Å². The summed E-state index contributed by atoms with van der Waals surface area (Å²) in [6.07, 6.45) is 3.52. The fourth-order valence-corrected chi connectivity index (χ4v) is 5.74. The van der Waals surface area contributed by atoms with Crippen LogP contribution >= 0.6 is 0 Å². The van der Waals surface area contributed by atoms with Gasteiger partial charge in [0.15, 0.2) is 18.2 Å². The van der Waals surface area contributed by atoms with E-state index in [0.29, 0.717) is 24.4 Å². The van der Waals surface area contributed by atoms with E-state index >= 15 is 0 Å². The molecule has 4 heterocycles. The van der Waals surface area contributed by atoms with Crippen LogP contribution in [0, 0.1) is 23.7 Å². The molecule has 1 saturated carbocycles. The molecule has 0 aromatic carbocycles.